The Bertz CT molecular complexity index is 2910. The zero-order valence-corrected chi connectivity index (χ0v) is 25.9. The van der Waals surface area contributed by atoms with Gasteiger partial charge in [0.2, 0.25) is 0 Å². The van der Waals surface area contributed by atoms with E-state index in [1.54, 1.807) is 0 Å². The van der Waals surface area contributed by atoms with E-state index in [0.717, 1.165) is 27.6 Å². The maximum atomic E-state index is 6.40. The van der Waals surface area contributed by atoms with E-state index in [2.05, 4.69) is 168 Å². The zero-order valence-electron chi connectivity index (χ0n) is 25.9. The van der Waals surface area contributed by atoms with Crippen LogP contribution in [0.15, 0.2) is 168 Å². The highest BCUT2D eigenvalue weighted by molar-refractivity contribution is 6.19. The number of benzene rings is 8. The van der Waals surface area contributed by atoms with Gasteiger partial charge in [0.15, 0.2) is 0 Å². The van der Waals surface area contributed by atoms with Crippen LogP contribution in [0.1, 0.15) is 0 Å². The molecule has 2 aromatic heterocycles. The number of fused-ring (bicyclic) bond motifs is 9. The van der Waals surface area contributed by atoms with Crippen LogP contribution in [0, 0.1) is 0 Å². The lowest BCUT2D eigenvalue weighted by Crippen LogP contribution is -1.93. The lowest BCUT2D eigenvalue weighted by atomic mass is 9.93. The number of para-hydroxylation sites is 2. The average Bonchev–Trinajstić information content (AvgIpc) is 3.80. The number of hydrogen-bond acceptors (Lipinski definition) is 1. The SMILES string of the molecule is c1ccc(-n2c3ccccc3c3ccc(-c4ccc5oc6ccc(-c7ccc8c9c(cccc79)-c7ccccc7-8)cc6c5c4)cc32)cc1. The van der Waals surface area contributed by atoms with E-state index in [0.29, 0.717) is 0 Å². The van der Waals surface area contributed by atoms with Crippen LogP contribution in [0.4, 0.5) is 0 Å². The van der Waals surface area contributed by atoms with Crippen molar-refractivity contribution < 1.29 is 4.42 Å². The maximum Gasteiger partial charge on any atom is 0.135 e. The van der Waals surface area contributed by atoms with Gasteiger partial charge in [-0.2, -0.15) is 0 Å². The van der Waals surface area contributed by atoms with Crippen molar-refractivity contribution in [3.05, 3.63) is 164 Å². The van der Waals surface area contributed by atoms with Crippen LogP contribution in [0.3, 0.4) is 0 Å². The molecule has 0 saturated carbocycles. The van der Waals surface area contributed by atoms with Gasteiger partial charge in [0.25, 0.3) is 0 Å². The van der Waals surface area contributed by atoms with Crippen LogP contribution in [0.25, 0.3) is 105 Å². The van der Waals surface area contributed by atoms with Gasteiger partial charge in [0.1, 0.15) is 11.2 Å². The summed E-state index contributed by atoms with van der Waals surface area (Å²) in [6, 6.07) is 59.5. The molecule has 11 rings (SSSR count). The Morgan fingerprint density at radius 1 is 0.333 bits per heavy atom. The highest BCUT2D eigenvalue weighted by atomic mass is 16.3. The summed E-state index contributed by atoms with van der Waals surface area (Å²) in [6.45, 7) is 0. The molecular weight excluding hydrogens is 583 g/mol. The molecule has 0 saturated heterocycles. The molecule has 1 aliphatic carbocycles. The Hall–Kier alpha value is -6.38. The van der Waals surface area contributed by atoms with Gasteiger partial charge < -0.3 is 8.98 Å². The van der Waals surface area contributed by atoms with Gasteiger partial charge in [-0.05, 0) is 104 Å². The van der Waals surface area contributed by atoms with Crippen LogP contribution in [-0.4, -0.2) is 4.57 Å². The number of nitrogens with zero attached hydrogens (tertiary/aromatic N) is 1. The molecule has 0 amide bonds. The second kappa shape index (κ2) is 9.57. The van der Waals surface area contributed by atoms with Gasteiger partial charge in [0, 0.05) is 27.2 Å². The van der Waals surface area contributed by atoms with Crippen LogP contribution in [0.5, 0.6) is 0 Å². The van der Waals surface area contributed by atoms with E-state index < -0.39 is 0 Å². The lowest BCUT2D eigenvalue weighted by Gasteiger charge is -2.10. The first-order valence-electron chi connectivity index (χ1n) is 16.5. The van der Waals surface area contributed by atoms with Crippen molar-refractivity contribution in [2.45, 2.75) is 0 Å². The maximum absolute atomic E-state index is 6.40. The summed E-state index contributed by atoms with van der Waals surface area (Å²) in [5, 5.41) is 7.42. The second-order valence-electron chi connectivity index (χ2n) is 12.9. The van der Waals surface area contributed by atoms with Crippen molar-refractivity contribution in [1.82, 2.24) is 4.57 Å². The van der Waals surface area contributed by atoms with Gasteiger partial charge in [0.05, 0.1) is 11.0 Å². The largest absolute Gasteiger partial charge is 0.456 e. The van der Waals surface area contributed by atoms with E-state index in [1.165, 1.54) is 77.1 Å². The minimum Gasteiger partial charge on any atom is -0.456 e. The van der Waals surface area contributed by atoms with Crippen molar-refractivity contribution in [3.8, 4) is 50.2 Å². The van der Waals surface area contributed by atoms with Crippen LogP contribution in [-0.2, 0) is 0 Å². The fourth-order valence-corrected chi connectivity index (χ4v) is 8.19. The minimum atomic E-state index is 0.904. The predicted octanol–water partition coefficient (Wildman–Crippen LogP) is 12.8. The van der Waals surface area contributed by atoms with Crippen molar-refractivity contribution in [2.75, 3.05) is 0 Å². The Morgan fingerprint density at radius 2 is 0.917 bits per heavy atom. The topological polar surface area (TPSA) is 18.1 Å². The summed E-state index contributed by atoms with van der Waals surface area (Å²) in [7, 11) is 0. The molecule has 2 heteroatoms. The quantitative estimate of drug-likeness (QED) is 0.195. The summed E-state index contributed by atoms with van der Waals surface area (Å²) in [5.41, 5.74) is 15.5. The lowest BCUT2D eigenvalue weighted by molar-refractivity contribution is 0.669. The predicted molar refractivity (Wildman–Crippen MR) is 201 cm³/mol. The Kier molecular flexibility index (Phi) is 5.14. The van der Waals surface area contributed by atoms with E-state index in [1.807, 2.05) is 0 Å². The van der Waals surface area contributed by atoms with Crippen LogP contribution in [0.2, 0.25) is 0 Å². The minimum absolute atomic E-state index is 0.904. The van der Waals surface area contributed by atoms with Crippen molar-refractivity contribution in [2.24, 2.45) is 0 Å². The number of furan rings is 1. The molecule has 0 bridgehead atoms. The molecule has 222 valence electrons. The van der Waals surface area contributed by atoms with Crippen molar-refractivity contribution in [3.63, 3.8) is 0 Å². The first-order chi connectivity index (χ1) is 23.8. The molecule has 0 fully saturated rings. The van der Waals surface area contributed by atoms with E-state index >= 15 is 0 Å². The standard InChI is InChI=1S/C46H27NO/c1-2-9-31(10-3-1)47-42-16-7-6-13-35(42)36-20-17-29(27-43(36)47)28-18-23-44-40(25-28)41-26-30(19-24-45(41)48-44)32-21-22-39-34-12-5-4-11-33(34)38-15-8-14-37(32)46(38)39/h1-27H. The van der Waals surface area contributed by atoms with Crippen molar-refractivity contribution >= 4 is 54.5 Å². The molecule has 0 aliphatic heterocycles. The second-order valence-corrected chi connectivity index (χ2v) is 12.9. The number of hydrogen-bond donors (Lipinski definition) is 0. The molecule has 2 heterocycles. The fourth-order valence-electron chi connectivity index (χ4n) is 8.19. The third kappa shape index (κ3) is 3.52. The molecule has 0 N–H and O–H groups in total. The Balaban J connectivity index is 1.08. The fraction of sp³-hybridized carbons (Fsp3) is 0. The van der Waals surface area contributed by atoms with E-state index in [-0.39, 0.29) is 0 Å². The number of rotatable bonds is 3. The third-order valence-corrected chi connectivity index (χ3v) is 10.3. The molecule has 0 unspecified atom stereocenters. The summed E-state index contributed by atoms with van der Waals surface area (Å²) < 4.78 is 8.77. The van der Waals surface area contributed by atoms with Gasteiger partial charge >= 0.3 is 0 Å². The molecule has 10 aromatic rings. The van der Waals surface area contributed by atoms with Crippen LogP contribution < -0.4 is 0 Å². The Labute approximate surface area is 276 Å². The van der Waals surface area contributed by atoms with Crippen molar-refractivity contribution in [1.29, 1.82) is 0 Å². The summed E-state index contributed by atoms with van der Waals surface area (Å²) >= 11 is 0. The van der Waals surface area contributed by atoms with E-state index in [4.69, 9.17) is 4.42 Å². The molecule has 48 heavy (non-hydrogen) atoms. The first-order valence-corrected chi connectivity index (χ1v) is 16.5. The summed E-state index contributed by atoms with van der Waals surface area (Å²) in [6.07, 6.45) is 0. The summed E-state index contributed by atoms with van der Waals surface area (Å²) in [5.74, 6) is 0. The highest BCUT2D eigenvalue weighted by Gasteiger charge is 2.22. The highest BCUT2D eigenvalue weighted by Crippen LogP contribution is 2.49. The van der Waals surface area contributed by atoms with Gasteiger partial charge in [-0.15, -0.1) is 0 Å². The number of aromatic nitrogens is 1. The van der Waals surface area contributed by atoms with E-state index in [9.17, 15) is 0 Å². The molecule has 1 aliphatic rings. The molecule has 0 atom stereocenters. The average molecular weight is 610 g/mol. The summed E-state index contributed by atoms with van der Waals surface area (Å²) in [4.78, 5) is 0. The molecule has 8 aromatic carbocycles. The van der Waals surface area contributed by atoms with Gasteiger partial charge in [-0.3, -0.25) is 0 Å². The van der Waals surface area contributed by atoms with Gasteiger partial charge in [-0.1, -0.05) is 115 Å². The first kappa shape index (κ1) is 25.8. The van der Waals surface area contributed by atoms with Gasteiger partial charge in [-0.25, -0.2) is 0 Å². The molecule has 0 radical (unpaired) electrons. The Morgan fingerprint density at radius 3 is 1.75 bits per heavy atom. The smallest absolute Gasteiger partial charge is 0.135 e. The third-order valence-electron chi connectivity index (χ3n) is 10.3. The zero-order chi connectivity index (χ0) is 31.3. The normalized spacial score (nSPS) is 12.2. The molecular formula is C46H27NO. The molecule has 2 nitrogen and oxygen atoms in total. The molecule has 0 spiro atoms. The van der Waals surface area contributed by atoms with Crippen LogP contribution >= 0.6 is 0 Å². The monoisotopic (exact) mass is 609 g/mol.